The van der Waals surface area contributed by atoms with Gasteiger partial charge in [0.25, 0.3) is 0 Å². The molecule has 1 aliphatic carbocycles. The van der Waals surface area contributed by atoms with Gasteiger partial charge in [-0.1, -0.05) is 41.5 Å². The maximum absolute atomic E-state index is 12.9. The molecule has 0 saturated heterocycles. The highest BCUT2D eigenvalue weighted by atomic mass is 28.4. The lowest BCUT2D eigenvalue weighted by molar-refractivity contribution is 0.0941. The molecule has 1 saturated carbocycles. The van der Waals surface area contributed by atoms with Crippen LogP contribution in [-0.2, 0) is 4.43 Å². The van der Waals surface area contributed by atoms with E-state index in [-0.39, 0.29) is 30.5 Å². The van der Waals surface area contributed by atoms with Crippen molar-refractivity contribution in [3.8, 4) is 0 Å². The van der Waals surface area contributed by atoms with Gasteiger partial charge < -0.3 is 19.8 Å². The normalized spacial score (nSPS) is 21.6. The van der Waals surface area contributed by atoms with Crippen LogP contribution in [0.1, 0.15) is 70.3 Å². The fourth-order valence-corrected chi connectivity index (χ4v) is 11.3. The topological polar surface area (TPSA) is 100 Å². The first-order valence-corrected chi connectivity index (χ1v) is 13.9. The van der Waals surface area contributed by atoms with Crippen LogP contribution >= 0.6 is 0 Å². The van der Waals surface area contributed by atoms with E-state index in [1.807, 2.05) is 0 Å². The molecule has 0 aliphatic heterocycles. The summed E-state index contributed by atoms with van der Waals surface area (Å²) in [6, 6.07) is 1.82. The molecule has 2 aromatic rings. The van der Waals surface area contributed by atoms with Gasteiger partial charge in [0.1, 0.15) is 12.1 Å². The second-order valence-corrected chi connectivity index (χ2v) is 15.4. The number of aliphatic hydroxyl groups excluding tert-OH is 1. The number of aliphatic hydroxyl groups is 1. The minimum absolute atomic E-state index is 0.00188. The molecule has 0 aromatic carbocycles. The van der Waals surface area contributed by atoms with Crippen molar-refractivity contribution in [2.45, 2.75) is 83.2 Å². The van der Waals surface area contributed by atoms with E-state index in [0.717, 1.165) is 12.8 Å². The number of ketones is 1. The molecule has 0 bridgehead atoms. The molecular formula is C24H38N4O3Si. The zero-order chi connectivity index (χ0) is 23.5. The second-order valence-electron chi connectivity index (χ2n) is 9.94. The van der Waals surface area contributed by atoms with E-state index in [4.69, 9.17) is 4.43 Å². The first kappa shape index (κ1) is 24.6. The van der Waals surface area contributed by atoms with E-state index >= 15 is 0 Å². The number of anilines is 1. The lowest BCUT2D eigenvalue weighted by atomic mass is 10.1. The summed E-state index contributed by atoms with van der Waals surface area (Å²) < 4.78 is 7.03. The molecule has 3 atom stereocenters. The number of aromatic amines is 1. The maximum atomic E-state index is 12.9. The summed E-state index contributed by atoms with van der Waals surface area (Å²) >= 11 is 0. The maximum Gasteiger partial charge on any atom is 0.200 e. The van der Waals surface area contributed by atoms with Gasteiger partial charge in [-0.25, -0.2) is 9.97 Å². The summed E-state index contributed by atoms with van der Waals surface area (Å²) in [5, 5.41) is 13.6. The molecule has 3 N–H and O–H groups in total. The van der Waals surface area contributed by atoms with E-state index < -0.39 is 8.32 Å². The Balaban J connectivity index is 1.79. The van der Waals surface area contributed by atoms with Crippen LogP contribution in [0.15, 0.2) is 31.0 Å². The predicted octanol–water partition coefficient (Wildman–Crippen LogP) is 4.78. The Labute approximate surface area is 192 Å². The molecule has 1 aliphatic rings. The third-order valence-electron chi connectivity index (χ3n) is 7.08. The minimum atomic E-state index is -2.06. The van der Waals surface area contributed by atoms with Crippen LogP contribution in [0.2, 0.25) is 16.6 Å². The molecule has 32 heavy (non-hydrogen) atoms. The van der Waals surface area contributed by atoms with Crippen molar-refractivity contribution in [2.75, 3.05) is 11.9 Å². The van der Waals surface area contributed by atoms with Crippen LogP contribution in [0.4, 0.5) is 5.82 Å². The number of hydrogen-bond donors (Lipinski definition) is 3. The van der Waals surface area contributed by atoms with Crippen LogP contribution < -0.4 is 5.32 Å². The van der Waals surface area contributed by atoms with Gasteiger partial charge in [0.15, 0.2) is 5.78 Å². The van der Waals surface area contributed by atoms with Crippen molar-refractivity contribution in [2.24, 2.45) is 5.92 Å². The molecule has 0 radical (unpaired) electrons. The highest BCUT2D eigenvalue weighted by molar-refractivity contribution is 6.77. The Morgan fingerprint density at radius 2 is 1.91 bits per heavy atom. The van der Waals surface area contributed by atoms with E-state index in [2.05, 4.69) is 61.8 Å². The van der Waals surface area contributed by atoms with Gasteiger partial charge in [-0.05, 0) is 35.5 Å². The fraction of sp³-hybridized carbons (Fsp3) is 0.625. The molecule has 0 unspecified atom stereocenters. The van der Waals surface area contributed by atoms with Gasteiger partial charge in [-0.3, -0.25) is 4.79 Å². The van der Waals surface area contributed by atoms with Crippen molar-refractivity contribution in [3.05, 3.63) is 42.1 Å². The predicted molar refractivity (Wildman–Crippen MR) is 129 cm³/mol. The van der Waals surface area contributed by atoms with Crippen molar-refractivity contribution < 1.29 is 14.3 Å². The number of rotatable bonds is 10. The third-order valence-corrected chi connectivity index (χ3v) is 13.2. The van der Waals surface area contributed by atoms with Crippen LogP contribution in [0.5, 0.6) is 0 Å². The Bertz CT molecular complexity index is 863. The van der Waals surface area contributed by atoms with Crippen LogP contribution in [-0.4, -0.2) is 52.9 Å². The zero-order valence-electron chi connectivity index (χ0n) is 20.1. The SMILES string of the molecule is CC(C)[Si](O[C@H]1C[C@H](Nc2ncncc2C(=O)c2cc[nH]c2)C[C@@H]1CO)(C(C)C)C(C)C. The van der Waals surface area contributed by atoms with Gasteiger partial charge in [0.05, 0.1) is 11.7 Å². The fourth-order valence-electron chi connectivity index (χ4n) is 5.64. The molecular weight excluding hydrogens is 420 g/mol. The number of H-pyrrole nitrogens is 1. The number of nitrogens with one attached hydrogen (secondary N) is 2. The first-order chi connectivity index (χ1) is 15.2. The molecule has 3 rings (SSSR count). The highest BCUT2D eigenvalue weighted by Gasteiger charge is 2.49. The van der Waals surface area contributed by atoms with Crippen molar-refractivity contribution in [1.82, 2.24) is 15.0 Å². The molecule has 176 valence electrons. The summed E-state index contributed by atoms with van der Waals surface area (Å²) in [5.74, 6) is 0.486. The van der Waals surface area contributed by atoms with Crippen molar-refractivity contribution in [3.63, 3.8) is 0 Å². The first-order valence-electron chi connectivity index (χ1n) is 11.7. The summed E-state index contributed by atoms with van der Waals surface area (Å²) in [6.07, 6.45) is 7.98. The van der Waals surface area contributed by atoms with Gasteiger partial charge >= 0.3 is 0 Å². The number of hydrogen-bond acceptors (Lipinski definition) is 6. The van der Waals surface area contributed by atoms with E-state index in [1.54, 1.807) is 24.7 Å². The van der Waals surface area contributed by atoms with E-state index in [1.165, 1.54) is 6.33 Å². The molecule has 0 amide bonds. The van der Waals surface area contributed by atoms with Crippen LogP contribution in [0.25, 0.3) is 0 Å². The highest BCUT2D eigenvalue weighted by Crippen LogP contribution is 2.45. The average molecular weight is 459 g/mol. The molecule has 1 fully saturated rings. The number of carbonyl (C=O) groups is 1. The molecule has 7 nitrogen and oxygen atoms in total. The number of nitrogens with zero attached hydrogens (tertiary/aromatic N) is 2. The summed E-state index contributed by atoms with van der Waals surface area (Å²) in [6.45, 7) is 13.8. The Kier molecular flexibility index (Phi) is 7.90. The second kappa shape index (κ2) is 10.3. The molecule has 2 heterocycles. The lowest BCUT2D eigenvalue weighted by Gasteiger charge is -2.45. The monoisotopic (exact) mass is 458 g/mol. The van der Waals surface area contributed by atoms with E-state index in [0.29, 0.717) is 33.6 Å². The van der Waals surface area contributed by atoms with Gasteiger partial charge in [0, 0.05) is 42.7 Å². The average Bonchev–Trinajstić information content (AvgIpc) is 3.41. The molecule has 2 aromatic heterocycles. The summed E-state index contributed by atoms with van der Waals surface area (Å²) in [4.78, 5) is 24.2. The lowest BCUT2D eigenvalue weighted by Crippen LogP contribution is -2.51. The third kappa shape index (κ3) is 4.82. The summed E-state index contributed by atoms with van der Waals surface area (Å²) in [7, 11) is -2.06. The summed E-state index contributed by atoms with van der Waals surface area (Å²) in [5.41, 5.74) is 2.49. The van der Waals surface area contributed by atoms with Crippen molar-refractivity contribution >= 4 is 19.9 Å². The van der Waals surface area contributed by atoms with Gasteiger partial charge in [-0.15, -0.1) is 0 Å². The quantitative estimate of drug-likeness (QED) is 0.350. The van der Waals surface area contributed by atoms with Crippen LogP contribution in [0.3, 0.4) is 0 Å². The smallest absolute Gasteiger partial charge is 0.200 e. The largest absolute Gasteiger partial charge is 0.413 e. The minimum Gasteiger partial charge on any atom is -0.413 e. The Morgan fingerprint density at radius 1 is 1.22 bits per heavy atom. The number of carbonyl (C=O) groups excluding carboxylic acids is 1. The molecule has 0 spiro atoms. The van der Waals surface area contributed by atoms with Crippen molar-refractivity contribution in [1.29, 1.82) is 0 Å². The standard InChI is InChI=1S/C24H38N4O3Si/c1-15(2)32(16(3)4,17(5)6)31-22-10-20(9-19(22)13-29)28-24-21(12-26-14-27-24)23(30)18-7-8-25-11-18/h7-8,11-12,14-17,19-20,22,25,29H,9-10,13H2,1-6H3,(H,26,27,28)/t19-,20-,22+/m1/s1. The Hall–Kier alpha value is -2.03. The number of aromatic nitrogens is 3. The molecule has 8 heteroatoms. The van der Waals surface area contributed by atoms with Gasteiger partial charge in [0.2, 0.25) is 8.32 Å². The van der Waals surface area contributed by atoms with Crippen LogP contribution in [0, 0.1) is 5.92 Å². The zero-order valence-corrected chi connectivity index (χ0v) is 21.1. The van der Waals surface area contributed by atoms with E-state index in [9.17, 15) is 9.90 Å². The van der Waals surface area contributed by atoms with Gasteiger partial charge in [-0.2, -0.15) is 0 Å². The Morgan fingerprint density at radius 3 is 2.47 bits per heavy atom.